The molecule has 1 fully saturated rings. The molecule has 0 amide bonds. The van der Waals surface area contributed by atoms with Crippen molar-refractivity contribution in [2.75, 3.05) is 6.61 Å². The maximum Gasteiger partial charge on any atom is 0.175 e. The molecule has 5 heteroatoms. The Balaban J connectivity index is 1.75. The van der Waals surface area contributed by atoms with E-state index in [4.69, 9.17) is 9.47 Å². The Labute approximate surface area is 150 Å². The van der Waals surface area contributed by atoms with Gasteiger partial charge in [-0.3, -0.25) is 0 Å². The van der Waals surface area contributed by atoms with Crippen LogP contribution in [0.15, 0.2) is 40.9 Å². The third-order valence-electron chi connectivity index (χ3n) is 3.87. The van der Waals surface area contributed by atoms with Crippen molar-refractivity contribution in [2.45, 2.75) is 39.0 Å². The van der Waals surface area contributed by atoms with E-state index in [2.05, 4.69) is 21.2 Å². The van der Waals surface area contributed by atoms with E-state index in [0.717, 1.165) is 16.6 Å². The third kappa shape index (κ3) is 4.48. The van der Waals surface area contributed by atoms with Crippen molar-refractivity contribution in [3.8, 4) is 11.5 Å². The van der Waals surface area contributed by atoms with Gasteiger partial charge in [0.25, 0.3) is 0 Å². The zero-order valence-corrected chi connectivity index (χ0v) is 15.2. The van der Waals surface area contributed by atoms with Crippen molar-refractivity contribution >= 4 is 15.9 Å². The van der Waals surface area contributed by atoms with Crippen LogP contribution < -0.4 is 14.8 Å². The molecule has 1 aliphatic rings. The van der Waals surface area contributed by atoms with Crippen LogP contribution >= 0.6 is 15.9 Å². The van der Waals surface area contributed by atoms with Gasteiger partial charge in [0.15, 0.2) is 11.5 Å². The summed E-state index contributed by atoms with van der Waals surface area (Å²) >= 11 is 3.56. The molecule has 3 nitrogen and oxygen atoms in total. The minimum absolute atomic E-state index is 0.158. The topological polar surface area (TPSA) is 30.5 Å². The van der Waals surface area contributed by atoms with Gasteiger partial charge in [0.1, 0.15) is 12.4 Å². The molecular weight excluding hydrogens is 373 g/mol. The Morgan fingerprint density at radius 1 is 1.21 bits per heavy atom. The zero-order chi connectivity index (χ0) is 16.9. The van der Waals surface area contributed by atoms with Gasteiger partial charge in [-0.05, 0) is 59.5 Å². The van der Waals surface area contributed by atoms with Crippen LogP contribution in [0.1, 0.15) is 30.9 Å². The van der Waals surface area contributed by atoms with E-state index in [0.29, 0.717) is 29.7 Å². The molecular formula is C19H21BrFNO2. The number of nitrogens with one attached hydrogen (secondary N) is 1. The Morgan fingerprint density at radius 2 is 2.00 bits per heavy atom. The van der Waals surface area contributed by atoms with E-state index in [1.54, 1.807) is 18.2 Å². The SMILES string of the molecule is CCOc1cc(CNC2CC2)cc(Br)c1OCc1ccccc1F. The van der Waals surface area contributed by atoms with E-state index in [1.807, 2.05) is 19.1 Å². The molecule has 2 aromatic rings. The highest BCUT2D eigenvalue weighted by atomic mass is 79.9. The fraction of sp³-hybridized carbons (Fsp3) is 0.368. The minimum atomic E-state index is -0.267. The molecule has 0 radical (unpaired) electrons. The van der Waals surface area contributed by atoms with Crippen LogP contribution in [0.2, 0.25) is 0 Å². The first-order valence-electron chi connectivity index (χ1n) is 8.22. The summed E-state index contributed by atoms with van der Waals surface area (Å²) in [6.07, 6.45) is 2.51. The lowest BCUT2D eigenvalue weighted by Gasteiger charge is -2.16. The summed E-state index contributed by atoms with van der Waals surface area (Å²) in [4.78, 5) is 0. The maximum absolute atomic E-state index is 13.8. The smallest absolute Gasteiger partial charge is 0.175 e. The first-order valence-corrected chi connectivity index (χ1v) is 9.01. The molecule has 0 heterocycles. The molecule has 0 aliphatic heterocycles. The van der Waals surface area contributed by atoms with E-state index >= 15 is 0 Å². The Kier molecular flexibility index (Phi) is 5.74. The highest BCUT2D eigenvalue weighted by Crippen LogP contribution is 2.37. The highest BCUT2D eigenvalue weighted by molar-refractivity contribution is 9.10. The predicted molar refractivity (Wildman–Crippen MR) is 95.9 cm³/mol. The Morgan fingerprint density at radius 3 is 2.71 bits per heavy atom. The number of halogens is 2. The largest absolute Gasteiger partial charge is 0.490 e. The Hall–Kier alpha value is -1.59. The number of benzene rings is 2. The highest BCUT2D eigenvalue weighted by Gasteiger charge is 2.21. The Bertz CT molecular complexity index is 704. The third-order valence-corrected chi connectivity index (χ3v) is 4.46. The summed E-state index contributed by atoms with van der Waals surface area (Å²) in [5.74, 6) is 1.02. The standard InChI is InChI=1S/C19H21BrFNO2/c1-2-23-18-10-13(11-22-15-7-8-15)9-16(20)19(18)24-12-14-5-3-4-6-17(14)21/h3-6,9-10,15,22H,2,7-8,11-12H2,1H3. The molecule has 3 rings (SSSR count). The second kappa shape index (κ2) is 7.99. The zero-order valence-electron chi connectivity index (χ0n) is 13.6. The van der Waals surface area contributed by atoms with Crippen LogP contribution in [0, 0.1) is 5.82 Å². The summed E-state index contributed by atoms with van der Waals surface area (Å²) in [6.45, 7) is 3.44. The summed E-state index contributed by atoms with van der Waals surface area (Å²) in [5.41, 5.74) is 1.65. The number of hydrogen-bond donors (Lipinski definition) is 1. The molecule has 128 valence electrons. The molecule has 0 spiro atoms. The van der Waals surface area contributed by atoms with Crippen molar-refractivity contribution in [2.24, 2.45) is 0 Å². The monoisotopic (exact) mass is 393 g/mol. The van der Waals surface area contributed by atoms with Gasteiger partial charge in [0.05, 0.1) is 11.1 Å². The van der Waals surface area contributed by atoms with Crippen molar-refractivity contribution in [3.63, 3.8) is 0 Å². The average molecular weight is 394 g/mol. The molecule has 0 bridgehead atoms. The lowest BCUT2D eigenvalue weighted by atomic mass is 10.2. The number of hydrogen-bond acceptors (Lipinski definition) is 3. The lowest BCUT2D eigenvalue weighted by molar-refractivity contribution is 0.264. The fourth-order valence-electron chi connectivity index (χ4n) is 2.44. The van der Waals surface area contributed by atoms with E-state index in [-0.39, 0.29) is 12.4 Å². The van der Waals surface area contributed by atoms with E-state index < -0.39 is 0 Å². The van der Waals surface area contributed by atoms with Crippen LogP contribution in [-0.2, 0) is 13.2 Å². The van der Waals surface area contributed by atoms with Gasteiger partial charge in [-0.25, -0.2) is 4.39 Å². The van der Waals surface area contributed by atoms with E-state index in [1.165, 1.54) is 18.9 Å². The first-order chi connectivity index (χ1) is 11.7. The maximum atomic E-state index is 13.8. The molecule has 0 aromatic heterocycles. The summed E-state index contributed by atoms with van der Waals surface area (Å²) < 4.78 is 26.1. The van der Waals surface area contributed by atoms with Crippen LogP contribution in [0.25, 0.3) is 0 Å². The number of rotatable bonds is 8. The van der Waals surface area contributed by atoms with Crippen LogP contribution in [0.4, 0.5) is 4.39 Å². The lowest BCUT2D eigenvalue weighted by Crippen LogP contribution is -2.15. The van der Waals surface area contributed by atoms with Gasteiger partial charge < -0.3 is 14.8 Å². The van der Waals surface area contributed by atoms with Crippen LogP contribution in [0.5, 0.6) is 11.5 Å². The van der Waals surface area contributed by atoms with Crippen molar-refractivity contribution < 1.29 is 13.9 Å². The van der Waals surface area contributed by atoms with Crippen molar-refractivity contribution in [1.82, 2.24) is 5.32 Å². The molecule has 0 unspecified atom stereocenters. The molecule has 1 saturated carbocycles. The molecule has 24 heavy (non-hydrogen) atoms. The van der Waals surface area contributed by atoms with Gasteiger partial charge in [0.2, 0.25) is 0 Å². The van der Waals surface area contributed by atoms with E-state index in [9.17, 15) is 4.39 Å². The molecule has 1 N–H and O–H groups in total. The molecule has 0 saturated heterocycles. The van der Waals surface area contributed by atoms with Gasteiger partial charge in [-0.1, -0.05) is 18.2 Å². The first kappa shape index (κ1) is 17.2. The second-order valence-corrected chi connectivity index (χ2v) is 6.73. The molecule has 1 aliphatic carbocycles. The quantitative estimate of drug-likeness (QED) is 0.697. The minimum Gasteiger partial charge on any atom is -0.490 e. The van der Waals surface area contributed by atoms with Crippen molar-refractivity contribution in [1.29, 1.82) is 0 Å². The molecule has 2 aromatic carbocycles. The molecule has 0 atom stereocenters. The number of ether oxygens (including phenoxy) is 2. The van der Waals surface area contributed by atoms with Crippen molar-refractivity contribution in [3.05, 3.63) is 57.8 Å². The predicted octanol–water partition coefficient (Wildman–Crippen LogP) is 4.82. The average Bonchev–Trinajstić information content (AvgIpc) is 3.38. The summed E-state index contributed by atoms with van der Waals surface area (Å²) in [6, 6.07) is 11.3. The normalized spacial score (nSPS) is 13.8. The summed E-state index contributed by atoms with van der Waals surface area (Å²) in [5, 5.41) is 3.49. The van der Waals surface area contributed by atoms with Crippen LogP contribution in [0.3, 0.4) is 0 Å². The van der Waals surface area contributed by atoms with Gasteiger partial charge in [0, 0.05) is 18.2 Å². The van der Waals surface area contributed by atoms with Crippen LogP contribution in [-0.4, -0.2) is 12.6 Å². The fourth-order valence-corrected chi connectivity index (χ4v) is 3.05. The van der Waals surface area contributed by atoms with Gasteiger partial charge in [-0.2, -0.15) is 0 Å². The van der Waals surface area contributed by atoms with Gasteiger partial charge >= 0.3 is 0 Å². The van der Waals surface area contributed by atoms with Gasteiger partial charge in [-0.15, -0.1) is 0 Å². The second-order valence-electron chi connectivity index (χ2n) is 5.87. The summed E-state index contributed by atoms with van der Waals surface area (Å²) in [7, 11) is 0.